The molecule has 3 aliphatic rings. The molecule has 2 bridgehead atoms. The quantitative estimate of drug-likeness (QED) is 0.561. The van der Waals surface area contributed by atoms with Crippen molar-refractivity contribution in [3.05, 3.63) is 47.9 Å². The van der Waals surface area contributed by atoms with Crippen molar-refractivity contribution in [2.24, 2.45) is 23.5 Å². The number of benzene rings is 1. The van der Waals surface area contributed by atoms with Crippen LogP contribution in [0.4, 0.5) is 0 Å². The summed E-state index contributed by atoms with van der Waals surface area (Å²) in [6.45, 7) is 3.56. The van der Waals surface area contributed by atoms with Crippen LogP contribution in [0, 0.1) is 17.8 Å². The maximum Gasteiger partial charge on any atom is 0.292 e. The van der Waals surface area contributed by atoms with Gasteiger partial charge in [-0.15, -0.1) is 0 Å². The van der Waals surface area contributed by atoms with E-state index in [-0.39, 0.29) is 5.41 Å². The van der Waals surface area contributed by atoms with Gasteiger partial charge in [0.1, 0.15) is 0 Å². The number of methoxy groups -OCH3 is 2. The normalized spacial score (nSPS) is 28.2. The smallest absolute Gasteiger partial charge is 0.292 e. The number of hydrogen-bond donors (Lipinski definition) is 2. The van der Waals surface area contributed by atoms with E-state index in [9.17, 15) is 0 Å². The zero-order valence-corrected chi connectivity index (χ0v) is 17.8. The number of nitrogens with one attached hydrogen (secondary N) is 1. The molecule has 0 saturated heterocycles. The number of aromatic amines is 1. The number of ether oxygens (including phenoxy) is 2. The maximum absolute atomic E-state index is 8.95. The Bertz CT molecular complexity index is 844. The number of carbonyl (C=O) groups excluding carboxylic acids is 1. The summed E-state index contributed by atoms with van der Waals surface area (Å²) in [5.74, 6) is 2.11. The summed E-state index contributed by atoms with van der Waals surface area (Å²) in [6, 6.07) is 8.70. The van der Waals surface area contributed by atoms with E-state index in [0.29, 0.717) is 24.9 Å². The van der Waals surface area contributed by atoms with E-state index < -0.39 is 0 Å². The summed E-state index contributed by atoms with van der Waals surface area (Å²) in [5, 5.41) is 1.36. The van der Waals surface area contributed by atoms with Gasteiger partial charge in [0.15, 0.2) is 0 Å². The highest BCUT2D eigenvalue weighted by molar-refractivity contribution is 5.85. The average Bonchev–Trinajstić information content (AvgIpc) is 3.12. The van der Waals surface area contributed by atoms with E-state index in [2.05, 4.69) is 47.0 Å². The van der Waals surface area contributed by atoms with E-state index in [1.807, 2.05) is 6.26 Å². The van der Waals surface area contributed by atoms with Gasteiger partial charge in [0.2, 0.25) is 0 Å². The highest BCUT2D eigenvalue weighted by atomic mass is 16.5. The minimum atomic E-state index is 0.202. The van der Waals surface area contributed by atoms with Crippen LogP contribution in [0.1, 0.15) is 43.9 Å². The monoisotopic (exact) mass is 398 g/mol. The summed E-state index contributed by atoms with van der Waals surface area (Å²) in [5.41, 5.74) is 10.3. The largest absolute Gasteiger partial charge is 0.505 e. The number of rotatable bonds is 6. The zero-order chi connectivity index (χ0) is 20.9. The van der Waals surface area contributed by atoms with Gasteiger partial charge < -0.3 is 20.2 Å². The Morgan fingerprint density at radius 1 is 1.24 bits per heavy atom. The number of hydrogen-bond acceptors (Lipinski definition) is 4. The van der Waals surface area contributed by atoms with E-state index in [0.717, 1.165) is 12.3 Å². The number of H-pyrrole nitrogens is 1. The molecule has 0 radical (unpaired) electrons. The first kappa shape index (κ1) is 21.4. The summed E-state index contributed by atoms with van der Waals surface area (Å²) in [4.78, 5) is 12.8. The minimum absolute atomic E-state index is 0.202. The third kappa shape index (κ3) is 4.20. The van der Waals surface area contributed by atoms with Crippen molar-refractivity contribution in [2.75, 3.05) is 20.8 Å². The van der Waals surface area contributed by atoms with Crippen LogP contribution in [-0.4, -0.2) is 32.2 Å². The highest BCUT2D eigenvalue weighted by Crippen LogP contribution is 2.57. The van der Waals surface area contributed by atoms with Crippen LogP contribution >= 0.6 is 0 Å². The van der Waals surface area contributed by atoms with Crippen molar-refractivity contribution in [3.63, 3.8) is 0 Å². The molecule has 1 heterocycles. The van der Waals surface area contributed by atoms with Crippen LogP contribution in [0.5, 0.6) is 0 Å². The molecule has 3 saturated carbocycles. The summed E-state index contributed by atoms with van der Waals surface area (Å²) >= 11 is 0. The van der Waals surface area contributed by atoms with Gasteiger partial charge in [-0.2, -0.15) is 0 Å². The van der Waals surface area contributed by atoms with Gasteiger partial charge in [0.05, 0.1) is 20.5 Å². The number of carbonyl (C=O) groups is 1. The molecule has 5 nitrogen and oxygen atoms in total. The van der Waals surface area contributed by atoms with Crippen LogP contribution in [0.25, 0.3) is 10.9 Å². The molecule has 5 heteroatoms. The molecule has 0 aliphatic heterocycles. The van der Waals surface area contributed by atoms with Gasteiger partial charge in [-0.05, 0) is 67.7 Å². The third-order valence-corrected chi connectivity index (χ3v) is 6.88. The van der Waals surface area contributed by atoms with Crippen LogP contribution in [-0.2, 0) is 26.1 Å². The number of para-hydroxylation sites is 1. The second-order valence-electron chi connectivity index (χ2n) is 8.53. The van der Waals surface area contributed by atoms with Gasteiger partial charge in [-0.3, -0.25) is 4.79 Å². The van der Waals surface area contributed by atoms with E-state index >= 15 is 0 Å². The molecule has 1 aromatic heterocycles. The lowest BCUT2D eigenvalue weighted by molar-refractivity contribution is -0.126. The van der Waals surface area contributed by atoms with Crippen molar-refractivity contribution < 1.29 is 14.3 Å². The summed E-state index contributed by atoms with van der Waals surface area (Å²) < 4.78 is 9.09. The van der Waals surface area contributed by atoms with Crippen molar-refractivity contribution in [2.45, 2.75) is 44.4 Å². The zero-order valence-electron chi connectivity index (χ0n) is 17.8. The first-order valence-electron chi connectivity index (χ1n) is 10.5. The molecule has 3 unspecified atom stereocenters. The molecule has 4 atom stereocenters. The first-order chi connectivity index (χ1) is 14.1. The van der Waals surface area contributed by atoms with Crippen molar-refractivity contribution in [3.8, 4) is 0 Å². The minimum Gasteiger partial charge on any atom is -0.505 e. The highest BCUT2D eigenvalue weighted by Gasteiger charge is 2.50. The molecule has 0 amide bonds. The lowest BCUT2D eigenvalue weighted by Gasteiger charge is -2.53. The van der Waals surface area contributed by atoms with Gasteiger partial charge in [0.25, 0.3) is 6.47 Å². The molecule has 29 heavy (non-hydrogen) atoms. The van der Waals surface area contributed by atoms with Gasteiger partial charge in [-0.1, -0.05) is 31.5 Å². The molecule has 1 aromatic carbocycles. The Kier molecular flexibility index (Phi) is 7.01. The number of nitrogens with two attached hydrogens (primary N) is 1. The predicted molar refractivity (Wildman–Crippen MR) is 117 cm³/mol. The van der Waals surface area contributed by atoms with Gasteiger partial charge in [0, 0.05) is 22.0 Å². The first-order valence-corrected chi connectivity index (χ1v) is 10.5. The second-order valence-corrected chi connectivity index (χ2v) is 8.53. The van der Waals surface area contributed by atoms with Crippen LogP contribution in [0.3, 0.4) is 0 Å². The van der Waals surface area contributed by atoms with Crippen LogP contribution in [0.2, 0.25) is 0 Å². The molecule has 0 spiro atoms. The maximum atomic E-state index is 8.95. The molecule has 158 valence electrons. The Labute approximate surface area is 173 Å². The Hall–Kier alpha value is -2.27. The molecule has 3 fully saturated rings. The fourth-order valence-electron chi connectivity index (χ4n) is 5.80. The van der Waals surface area contributed by atoms with E-state index in [4.69, 9.17) is 15.3 Å². The van der Waals surface area contributed by atoms with Crippen molar-refractivity contribution >= 4 is 17.4 Å². The average molecular weight is 399 g/mol. The number of allylic oxidation sites excluding steroid dienone is 1. The molecular formula is C24H34N2O3. The summed E-state index contributed by atoms with van der Waals surface area (Å²) in [7, 11) is 3.06. The van der Waals surface area contributed by atoms with E-state index in [1.165, 1.54) is 55.0 Å². The summed E-state index contributed by atoms with van der Waals surface area (Å²) in [6.07, 6.45) is 10.4. The lowest BCUT2D eigenvalue weighted by Crippen LogP contribution is -2.48. The fraction of sp³-hybridized carbons (Fsp3) is 0.542. The van der Waals surface area contributed by atoms with Crippen molar-refractivity contribution in [1.82, 2.24) is 4.98 Å². The second kappa shape index (κ2) is 9.49. The number of fused-ring (bicyclic) bond motifs is 4. The van der Waals surface area contributed by atoms with Gasteiger partial charge >= 0.3 is 0 Å². The number of aromatic nitrogens is 1. The topological polar surface area (TPSA) is 77.3 Å². The SMILES string of the molecule is CO/C=C/C1CC2CCC1[C@](C)(c1[nH]c3ccccc3c1CCN)C2.COC=O. The molecular weight excluding hydrogens is 364 g/mol. The lowest BCUT2D eigenvalue weighted by atomic mass is 9.51. The van der Waals surface area contributed by atoms with Gasteiger partial charge in [-0.25, -0.2) is 0 Å². The van der Waals surface area contributed by atoms with Crippen LogP contribution < -0.4 is 5.73 Å². The van der Waals surface area contributed by atoms with E-state index in [1.54, 1.807) is 7.11 Å². The standard InChI is InChI=1S/C22H30N2O.C2H4O2/c1-22(14-15-7-8-19(22)16(13-15)10-12-25-2)21-18(9-11-23)17-5-3-4-6-20(17)24-21;1-4-2-3/h3-6,10,12,15-16,19,24H,7-9,11,13-14,23H2,1-2H3;2H,1H3/b12-10+;/t15?,16?,19?,22-;/m1./s1. The van der Waals surface area contributed by atoms with Crippen LogP contribution in [0.15, 0.2) is 36.6 Å². The molecule has 3 N–H and O–H groups in total. The molecule has 5 rings (SSSR count). The predicted octanol–water partition coefficient (Wildman–Crippen LogP) is 4.31. The Morgan fingerprint density at radius 3 is 2.66 bits per heavy atom. The fourth-order valence-corrected chi connectivity index (χ4v) is 5.80. The molecule has 3 aliphatic carbocycles. The third-order valence-electron chi connectivity index (χ3n) is 6.88. The Morgan fingerprint density at radius 2 is 2.00 bits per heavy atom. The Balaban J connectivity index is 0.000000552. The molecule has 2 aromatic rings. The van der Waals surface area contributed by atoms with Crippen molar-refractivity contribution in [1.29, 1.82) is 0 Å².